The Bertz CT molecular complexity index is 1210. The van der Waals surface area contributed by atoms with Crippen molar-refractivity contribution in [2.45, 2.75) is 0 Å². The van der Waals surface area contributed by atoms with Gasteiger partial charge < -0.3 is 8.80 Å². The van der Waals surface area contributed by atoms with E-state index in [0.29, 0.717) is 0 Å². The zero-order valence-electron chi connectivity index (χ0n) is 16.3. The van der Waals surface area contributed by atoms with Crippen LogP contribution in [0.4, 0.5) is 0 Å². The molecule has 0 aliphatic rings. The molecule has 30 heavy (non-hydrogen) atoms. The Balaban J connectivity index is 0.000000128. The maximum absolute atomic E-state index is 4.55. The second-order valence-corrected chi connectivity index (χ2v) is 6.92. The first-order valence-electron chi connectivity index (χ1n) is 9.85. The summed E-state index contributed by atoms with van der Waals surface area (Å²) < 4.78 is 4.06. The highest BCUT2D eigenvalue weighted by Crippen LogP contribution is 2.19. The number of hydrogen-bond donors (Lipinski definition) is 0. The molecule has 0 aliphatic heterocycles. The minimum atomic E-state index is 0.983. The molecule has 0 radical (unpaired) electrons. The Hall–Kier alpha value is -4.18. The summed E-state index contributed by atoms with van der Waals surface area (Å²) in [5, 5.41) is 0. The largest absolute Gasteiger partial charge is 0.306 e. The van der Waals surface area contributed by atoms with E-state index in [0.717, 1.165) is 33.8 Å². The van der Waals surface area contributed by atoms with E-state index in [1.54, 1.807) is 0 Å². The van der Waals surface area contributed by atoms with Crippen LogP contribution in [0.25, 0.3) is 33.8 Å². The lowest BCUT2D eigenvalue weighted by molar-refractivity contribution is 1.19. The van der Waals surface area contributed by atoms with Crippen LogP contribution in [-0.4, -0.2) is 18.8 Å². The van der Waals surface area contributed by atoms with Crippen LogP contribution in [0, 0.1) is 0 Å². The third-order valence-corrected chi connectivity index (χ3v) is 4.87. The van der Waals surface area contributed by atoms with Gasteiger partial charge in [0.05, 0.1) is 11.4 Å². The van der Waals surface area contributed by atoms with Crippen molar-refractivity contribution < 1.29 is 0 Å². The minimum Gasteiger partial charge on any atom is -0.306 e. The van der Waals surface area contributed by atoms with Crippen LogP contribution in [0.1, 0.15) is 0 Å². The van der Waals surface area contributed by atoms with E-state index in [2.05, 4.69) is 34.2 Å². The van der Waals surface area contributed by atoms with Gasteiger partial charge in [-0.1, -0.05) is 72.8 Å². The molecular formula is C26H20N4. The van der Waals surface area contributed by atoms with Crippen LogP contribution < -0.4 is 0 Å². The highest BCUT2D eigenvalue weighted by atomic mass is 15.0. The summed E-state index contributed by atoms with van der Waals surface area (Å²) >= 11 is 0. The summed E-state index contributed by atoms with van der Waals surface area (Å²) in [4.78, 5) is 9.09. The summed E-state index contributed by atoms with van der Waals surface area (Å²) in [6.45, 7) is 0. The molecule has 4 aromatic heterocycles. The highest BCUT2D eigenvalue weighted by molar-refractivity contribution is 5.63. The van der Waals surface area contributed by atoms with Crippen LogP contribution in [-0.2, 0) is 0 Å². The van der Waals surface area contributed by atoms with Gasteiger partial charge in [-0.05, 0) is 24.3 Å². The van der Waals surface area contributed by atoms with Crippen LogP contribution in [0.5, 0.6) is 0 Å². The molecule has 0 bridgehead atoms. The van der Waals surface area contributed by atoms with Gasteiger partial charge in [0.25, 0.3) is 0 Å². The molecule has 2 aromatic carbocycles. The molecule has 0 fully saturated rings. The lowest BCUT2D eigenvalue weighted by Gasteiger charge is -1.92. The molecule has 0 saturated heterocycles. The Morgan fingerprint density at radius 1 is 0.433 bits per heavy atom. The van der Waals surface area contributed by atoms with Crippen molar-refractivity contribution in [1.29, 1.82) is 0 Å². The molecule has 0 aliphatic carbocycles. The lowest BCUT2D eigenvalue weighted by Crippen LogP contribution is -1.77. The Labute approximate surface area is 174 Å². The van der Waals surface area contributed by atoms with E-state index in [4.69, 9.17) is 0 Å². The standard InChI is InChI=1S/2C13H10N2/c2*1-2-6-11(7-3-1)12-10-15-9-5-4-8-13(15)14-12/h2*1-10H. The fourth-order valence-electron chi connectivity index (χ4n) is 3.37. The molecule has 0 saturated carbocycles. The first-order valence-corrected chi connectivity index (χ1v) is 9.85. The molecule has 0 unspecified atom stereocenters. The molecule has 0 atom stereocenters. The van der Waals surface area contributed by atoms with Crippen LogP contribution >= 0.6 is 0 Å². The Kier molecular flexibility index (Phi) is 4.80. The van der Waals surface area contributed by atoms with Gasteiger partial charge in [0.15, 0.2) is 0 Å². The van der Waals surface area contributed by atoms with E-state index in [9.17, 15) is 0 Å². The monoisotopic (exact) mass is 388 g/mol. The van der Waals surface area contributed by atoms with Gasteiger partial charge in [0.1, 0.15) is 11.3 Å². The maximum Gasteiger partial charge on any atom is 0.137 e. The molecule has 0 N–H and O–H groups in total. The molecule has 4 heterocycles. The molecule has 4 nitrogen and oxygen atoms in total. The SMILES string of the molecule is c1ccc(-c2cn3ccccc3n2)cc1.c1ccc(-c2cn3ccccc3n2)cc1. The lowest BCUT2D eigenvalue weighted by atomic mass is 10.2. The fourth-order valence-corrected chi connectivity index (χ4v) is 3.37. The number of nitrogens with zero attached hydrogens (tertiary/aromatic N) is 4. The van der Waals surface area contributed by atoms with Crippen molar-refractivity contribution in [3.63, 3.8) is 0 Å². The minimum absolute atomic E-state index is 0.983. The van der Waals surface area contributed by atoms with Crippen LogP contribution in [0.2, 0.25) is 0 Å². The van der Waals surface area contributed by atoms with E-state index in [1.807, 2.05) is 106 Å². The summed E-state index contributed by atoms with van der Waals surface area (Å²) in [7, 11) is 0. The third-order valence-electron chi connectivity index (χ3n) is 4.87. The van der Waals surface area contributed by atoms with Crippen molar-refractivity contribution in [3.05, 3.63) is 122 Å². The van der Waals surface area contributed by atoms with Gasteiger partial charge in [-0.3, -0.25) is 0 Å². The Morgan fingerprint density at radius 2 is 0.833 bits per heavy atom. The van der Waals surface area contributed by atoms with Crippen molar-refractivity contribution in [3.8, 4) is 22.5 Å². The number of pyridine rings is 2. The van der Waals surface area contributed by atoms with Crippen LogP contribution in [0.3, 0.4) is 0 Å². The predicted molar refractivity (Wildman–Crippen MR) is 121 cm³/mol. The zero-order valence-corrected chi connectivity index (χ0v) is 16.3. The van der Waals surface area contributed by atoms with Gasteiger partial charge in [0, 0.05) is 35.9 Å². The van der Waals surface area contributed by atoms with E-state index >= 15 is 0 Å². The fraction of sp³-hybridized carbons (Fsp3) is 0. The quantitative estimate of drug-likeness (QED) is 0.364. The van der Waals surface area contributed by atoms with Crippen molar-refractivity contribution in [1.82, 2.24) is 18.8 Å². The van der Waals surface area contributed by atoms with Gasteiger partial charge in [-0.2, -0.15) is 0 Å². The molecule has 6 rings (SSSR count). The van der Waals surface area contributed by atoms with Crippen molar-refractivity contribution in [2.75, 3.05) is 0 Å². The summed E-state index contributed by atoms with van der Waals surface area (Å²) in [6.07, 6.45) is 8.11. The topological polar surface area (TPSA) is 34.6 Å². The average molecular weight is 388 g/mol. The molecule has 4 heteroatoms. The molecule has 0 spiro atoms. The molecule has 6 aromatic rings. The van der Waals surface area contributed by atoms with E-state index < -0.39 is 0 Å². The maximum atomic E-state index is 4.55. The number of imidazole rings is 2. The number of rotatable bonds is 2. The average Bonchev–Trinajstić information content (AvgIpc) is 3.45. The molecule has 144 valence electrons. The first kappa shape index (κ1) is 17.9. The third kappa shape index (κ3) is 3.71. The number of aromatic nitrogens is 4. The normalized spacial score (nSPS) is 10.7. The van der Waals surface area contributed by atoms with Crippen LogP contribution in [0.15, 0.2) is 122 Å². The number of benzene rings is 2. The number of hydrogen-bond acceptors (Lipinski definition) is 2. The number of fused-ring (bicyclic) bond motifs is 2. The Morgan fingerprint density at radius 3 is 1.23 bits per heavy atom. The van der Waals surface area contributed by atoms with Gasteiger partial charge >= 0.3 is 0 Å². The first-order chi connectivity index (χ1) is 14.9. The summed E-state index contributed by atoms with van der Waals surface area (Å²) in [5.41, 5.74) is 6.30. The van der Waals surface area contributed by atoms with Gasteiger partial charge in [-0.15, -0.1) is 0 Å². The smallest absolute Gasteiger partial charge is 0.137 e. The second-order valence-electron chi connectivity index (χ2n) is 6.92. The van der Waals surface area contributed by atoms with Crippen molar-refractivity contribution in [2.24, 2.45) is 0 Å². The highest BCUT2D eigenvalue weighted by Gasteiger charge is 2.02. The van der Waals surface area contributed by atoms with Gasteiger partial charge in [0.2, 0.25) is 0 Å². The van der Waals surface area contributed by atoms with Crippen molar-refractivity contribution >= 4 is 11.3 Å². The molecule has 0 amide bonds. The second kappa shape index (κ2) is 8.05. The van der Waals surface area contributed by atoms with Gasteiger partial charge in [-0.25, -0.2) is 9.97 Å². The molecular weight excluding hydrogens is 368 g/mol. The summed E-state index contributed by atoms with van der Waals surface area (Å²) in [5.74, 6) is 0. The zero-order chi connectivity index (χ0) is 20.2. The summed E-state index contributed by atoms with van der Waals surface area (Å²) in [6, 6.07) is 32.4. The van der Waals surface area contributed by atoms with E-state index in [-0.39, 0.29) is 0 Å². The van der Waals surface area contributed by atoms with E-state index in [1.165, 1.54) is 0 Å². The predicted octanol–water partition coefficient (Wildman–Crippen LogP) is 6.00.